The third-order valence-corrected chi connectivity index (χ3v) is 2.86. The lowest BCUT2D eigenvalue weighted by Gasteiger charge is -2.18. The first-order valence-corrected chi connectivity index (χ1v) is 5.82. The Morgan fingerprint density at radius 1 is 1.44 bits per heavy atom. The lowest BCUT2D eigenvalue weighted by Crippen LogP contribution is -2.28. The van der Waals surface area contributed by atoms with E-state index in [4.69, 9.17) is 5.11 Å². The van der Waals surface area contributed by atoms with Crippen molar-refractivity contribution in [1.82, 2.24) is 15.2 Å². The predicted molar refractivity (Wildman–Crippen MR) is 64.1 cm³/mol. The van der Waals surface area contributed by atoms with Crippen LogP contribution in [0.15, 0.2) is 18.3 Å². The van der Waals surface area contributed by atoms with Crippen molar-refractivity contribution in [3.8, 4) is 0 Å². The quantitative estimate of drug-likeness (QED) is 0.794. The maximum absolute atomic E-state index is 11.2. The second-order valence-corrected chi connectivity index (χ2v) is 4.22. The molecule has 0 unspecified atom stereocenters. The van der Waals surface area contributed by atoms with Crippen LogP contribution in [0.5, 0.6) is 0 Å². The van der Waals surface area contributed by atoms with Crippen LogP contribution in [-0.2, 0) is 11.3 Å². The molecule has 1 aliphatic rings. The maximum atomic E-state index is 11.2. The number of carboxylic acids is 1. The van der Waals surface area contributed by atoms with Crippen molar-refractivity contribution >= 4 is 11.9 Å². The first kappa shape index (κ1) is 12.5. The van der Waals surface area contributed by atoms with Gasteiger partial charge in [-0.2, -0.15) is 0 Å². The van der Waals surface area contributed by atoms with E-state index in [9.17, 15) is 9.59 Å². The summed E-state index contributed by atoms with van der Waals surface area (Å²) in [4.78, 5) is 28.1. The van der Waals surface area contributed by atoms with Gasteiger partial charge < -0.3 is 10.4 Å². The molecule has 2 rings (SSSR count). The molecule has 96 valence electrons. The van der Waals surface area contributed by atoms with E-state index in [1.54, 1.807) is 12.1 Å². The number of rotatable bonds is 3. The lowest BCUT2D eigenvalue weighted by molar-refractivity contribution is -0.120. The number of pyridine rings is 1. The Labute approximate surface area is 105 Å². The highest BCUT2D eigenvalue weighted by atomic mass is 16.4. The molecule has 0 bridgehead atoms. The molecule has 6 heteroatoms. The summed E-state index contributed by atoms with van der Waals surface area (Å²) in [6.07, 6.45) is 1.85. The van der Waals surface area contributed by atoms with E-state index in [1.165, 1.54) is 6.20 Å². The number of hydrogen-bond acceptors (Lipinski definition) is 4. The number of aromatic nitrogens is 1. The molecule has 1 aliphatic heterocycles. The first-order valence-electron chi connectivity index (χ1n) is 5.82. The highest BCUT2D eigenvalue weighted by Crippen LogP contribution is 2.06. The summed E-state index contributed by atoms with van der Waals surface area (Å²) >= 11 is 0. The van der Waals surface area contributed by atoms with Crippen molar-refractivity contribution in [1.29, 1.82) is 0 Å². The van der Waals surface area contributed by atoms with Crippen LogP contribution in [0.25, 0.3) is 0 Å². The van der Waals surface area contributed by atoms with E-state index in [2.05, 4.69) is 15.2 Å². The molecular formula is C12H15N3O3. The van der Waals surface area contributed by atoms with Gasteiger partial charge in [0.25, 0.3) is 0 Å². The van der Waals surface area contributed by atoms with Gasteiger partial charge in [-0.15, -0.1) is 0 Å². The minimum atomic E-state index is -0.974. The first-order chi connectivity index (χ1) is 8.65. The van der Waals surface area contributed by atoms with Crippen LogP contribution in [-0.4, -0.2) is 46.5 Å². The molecule has 0 aromatic carbocycles. The Balaban J connectivity index is 1.96. The highest BCUT2D eigenvalue weighted by molar-refractivity contribution is 5.87. The minimum Gasteiger partial charge on any atom is -0.478 e. The second-order valence-electron chi connectivity index (χ2n) is 4.22. The number of carbonyl (C=O) groups is 2. The zero-order valence-corrected chi connectivity index (χ0v) is 9.93. The summed E-state index contributed by atoms with van der Waals surface area (Å²) in [5.41, 5.74) is 1.00. The number of nitrogens with zero attached hydrogens (tertiary/aromatic N) is 2. The molecule has 0 radical (unpaired) electrons. The molecule has 0 aliphatic carbocycles. The van der Waals surface area contributed by atoms with Crippen molar-refractivity contribution in [2.45, 2.75) is 13.0 Å². The number of carbonyl (C=O) groups excluding carboxylic acids is 1. The molecule has 2 heterocycles. The molecule has 0 spiro atoms. The summed E-state index contributed by atoms with van der Waals surface area (Å²) < 4.78 is 0. The summed E-state index contributed by atoms with van der Waals surface area (Å²) in [5.74, 6) is -0.898. The molecule has 18 heavy (non-hydrogen) atoms. The summed E-state index contributed by atoms with van der Waals surface area (Å²) in [5, 5.41) is 11.6. The Morgan fingerprint density at radius 3 is 2.94 bits per heavy atom. The standard InChI is InChI=1S/C12H15N3O3/c16-11-3-5-15(6-4-13-11)8-10-2-1-9(7-14-10)12(17)18/h1-2,7H,3-6,8H2,(H,13,16)(H,17,18). The van der Waals surface area contributed by atoms with E-state index in [1.807, 2.05) is 0 Å². The van der Waals surface area contributed by atoms with E-state index in [0.29, 0.717) is 26.1 Å². The summed E-state index contributed by atoms with van der Waals surface area (Å²) in [6.45, 7) is 2.77. The van der Waals surface area contributed by atoms with Gasteiger partial charge in [0, 0.05) is 38.8 Å². The van der Waals surface area contributed by atoms with Crippen molar-refractivity contribution in [3.05, 3.63) is 29.6 Å². The van der Waals surface area contributed by atoms with Gasteiger partial charge in [0.1, 0.15) is 0 Å². The van der Waals surface area contributed by atoms with E-state index >= 15 is 0 Å². The molecular weight excluding hydrogens is 234 g/mol. The molecule has 2 N–H and O–H groups in total. The smallest absolute Gasteiger partial charge is 0.337 e. The van der Waals surface area contributed by atoms with Crippen molar-refractivity contribution in [3.63, 3.8) is 0 Å². The average Bonchev–Trinajstić information content (AvgIpc) is 2.55. The molecule has 1 fully saturated rings. The largest absolute Gasteiger partial charge is 0.478 e. The van der Waals surface area contributed by atoms with Crippen LogP contribution in [0.1, 0.15) is 22.5 Å². The van der Waals surface area contributed by atoms with Gasteiger partial charge in [0.15, 0.2) is 0 Å². The Kier molecular flexibility index (Phi) is 3.88. The Morgan fingerprint density at radius 2 is 2.28 bits per heavy atom. The summed E-state index contributed by atoms with van der Waals surface area (Å²) in [6, 6.07) is 3.26. The van der Waals surface area contributed by atoms with Crippen molar-refractivity contribution in [2.24, 2.45) is 0 Å². The van der Waals surface area contributed by atoms with Crippen LogP contribution in [0, 0.1) is 0 Å². The maximum Gasteiger partial charge on any atom is 0.337 e. The second kappa shape index (κ2) is 5.59. The minimum absolute atomic E-state index is 0.0756. The molecule has 6 nitrogen and oxygen atoms in total. The van der Waals surface area contributed by atoms with Crippen LogP contribution in [0.4, 0.5) is 0 Å². The fraction of sp³-hybridized carbons (Fsp3) is 0.417. The number of carboxylic acid groups (broad SMARTS) is 1. The monoisotopic (exact) mass is 249 g/mol. The third-order valence-electron chi connectivity index (χ3n) is 2.86. The topological polar surface area (TPSA) is 82.5 Å². The fourth-order valence-corrected chi connectivity index (χ4v) is 1.85. The average molecular weight is 249 g/mol. The van der Waals surface area contributed by atoms with Crippen LogP contribution < -0.4 is 5.32 Å². The Hall–Kier alpha value is -1.95. The number of amides is 1. The number of hydrogen-bond donors (Lipinski definition) is 2. The van der Waals surface area contributed by atoms with Crippen LogP contribution >= 0.6 is 0 Å². The van der Waals surface area contributed by atoms with Crippen LogP contribution in [0.2, 0.25) is 0 Å². The molecule has 1 aromatic rings. The van der Waals surface area contributed by atoms with Gasteiger partial charge in [-0.3, -0.25) is 14.7 Å². The van der Waals surface area contributed by atoms with Gasteiger partial charge >= 0.3 is 5.97 Å². The van der Waals surface area contributed by atoms with Crippen molar-refractivity contribution < 1.29 is 14.7 Å². The SMILES string of the molecule is O=C1CCN(Cc2ccc(C(=O)O)cn2)CCN1. The van der Waals surface area contributed by atoms with Gasteiger partial charge in [0.05, 0.1) is 11.3 Å². The molecule has 1 aromatic heterocycles. The normalized spacial score (nSPS) is 17.0. The van der Waals surface area contributed by atoms with Gasteiger partial charge in [-0.05, 0) is 12.1 Å². The number of aromatic carboxylic acids is 1. The zero-order chi connectivity index (χ0) is 13.0. The third kappa shape index (κ3) is 3.27. The van der Waals surface area contributed by atoms with Gasteiger partial charge in [-0.1, -0.05) is 0 Å². The van der Waals surface area contributed by atoms with E-state index < -0.39 is 5.97 Å². The predicted octanol–water partition coefficient (Wildman–Crippen LogP) is 0.102. The highest BCUT2D eigenvalue weighted by Gasteiger charge is 2.14. The molecule has 1 amide bonds. The lowest BCUT2D eigenvalue weighted by atomic mass is 10.2. The molecule has 0 atom stereocenters. The Bertz CT molecular complexity index is 444. The van der Waals surface area contributed by atoms with Gasteiger partial charge in [0.2, 0.25) is 5.91 Å². The summed E-state index contributed by atoms with van der Waals surface area (Å²) in [7, 11) is 0. The van der Waals surface area contributed by atoms with Crippen LogP contribution in [0.3, 0.4) is 0 Å². The van der Waals surface area contributed by atoms with E-state index in [0.717, 1.165) is 12.2 Å². The van der Waals surface area contributed by atoms with E-state index in [-0.39, 0.29) is 11.5 Å². The number of nitrogens with one attached hydrogen (secondary N) is 1. The molecule has 1 saturated heterocycles. The zero-order valence-electron chi connectivity index (χ0n) is 9.93. The van der Waals surface area contributed by atoms with Crippen molar-refractivity contribution in [2.75, 3.05) is 19.6 Å². The molecule has 0 saturated carbocycles. The van der Waals surface area contributed by atoms with Gasteiger partial charge in [-0.25, -0.2) is 4.79 Å². The fourth-order valence-electron chi connectivity index (χ4n) is 1.85.